The summed E-state index contributed by atoms with van der Waals surface area (Å²) in [6.45, 7) is 1.46. The quantitative estimate of drug-likeness (QED) is 0.778. The number of rotatable bonds is 1. The number of aromatic nitrogens is 2. The zero-order valence-electron chi connectivity index (χ0n) is 13.3. The van der Waals surface area contributed by atoms with E-state index >= 15 is 0 Å². The Labute approximate surface area is 153 Å². The molecule has 3 heterocycles. The fourth-order valence-corrected chi connectivity index (χ4v) is 4.91. The van der Waals surface area contributed by atoms with Crippen molar-refractivity contribution >= 4 is 45.7 Å². The molecule has 4 rings (SSSR count). The van der Waals surface area contributed by atoms with Crippen molar-refractivity contribution in [3.05, 3.63) is 10.4 Å². The number of hydrogen-bond donors (Lipinski definition) is 2. The van der Waals surface area contributed by atoms with Crippen molar-refractivity contribution in [3.8, 4) is 0 Å². The highest BCUT2D eigenvalue weighted by molar-refractivity contribution is 7.19. The second-order valence-corrected chi connectivity index (χ2v) is 7.67. The van der Waals surface area contributed by atoms with Crippen LogP contribution in [0.5, 0.6) is 0 Å². The number of fused-ring (bicyclic) bond motifs is 3. The molecule has 2 aliphatic rings. The topological polar surface area (TPSA) is 81.1 Å². The molecule has 1 aliphatic carbocycles. The van der Waals surface area contributed by atoms with Crippen LogP contribution in [0, 0.1) is 5.92 Å². The van der Waals surface area contributed by atoms with Gasteiger partial charge in [-0.3, -0.25) is 0 Å². The minimum atomic E-state index is -4.17. The van der Waals surface area contributed by atoms with Gasteiger partial charge in [0.25, 0.3) is 0 Å². The first kappa shape index (κ1) is 18.5. The summed E-state index contributed by atoms with van der Waals surface area (Å²) in [5, 5.41) is 0. The van der Waals surface area contributed by atoms with E-state index in [9.17, 15) is 13.2 Å². The standard InChI is InChI=1S/C15H18F3N5S.ClH/c16-15(17,18)7-1-2-10-9(5-7)11-12(24-10)13(22-14(20)21-11)23-4-3-8(19)6-23;/h7-8H,1-6,19H2,(H2,20,21,22);1H/t7?,8-;/m1./s1. The van der Waals surface area contributed by atoms with E-state index in [0.29, 0.717) is 29.9 Å². The van der Waals surface area contributed by atoms with Gasteiger partial charge in [0.05, 0.1) is 16.1 Å². The van der Waals surface area contributed by atoms with E-state index in [4.69, 9.17) is 11.5 Å². The Kier molecular flexibility index (Phi) is 4.76. The summed E-state index contributed by atoms with van der Waals surface area (Å²) in [7, 11) is 0. The van der Waals surface area contributed by atoms with Gasteiger partial charge in [-0.1, -0.05) is 0 Å². The molecule has 0 bridgehead atoms. The molecule has 2 aromatic rings. The van der Waals surface area contributed by atoms with Crippen LogP contribution in [0.1, 0.15) is 23.3 Å². The number of nitrogen functional groups attached to an aromatic ring is 1. The maximum atomic E-state index is 13.1. The van der Waals surface area contributed by atoms with Crippen LogP contribution in [0.4, 0.5) is 24.9 Å². The summed E-state index contributed by atoms with van der Waals surface area (Å²) in [6.07, 6.45) is -2.76. The third kappa shape index (κ3) is 3.24. The minimum Gasteiger partial charge on any atom is -0.368 e. The Morgan fingerprint density at radius 2 is 1.96 bits per heavy atom. The molecule has 0 amide bonds. The van der Waals surface area contributed by atoms with Gasteiger partial charge in [-0.25, -0.2) is 4.98 Å². The van der Waals surface area contributed by atoms with E-state index in [1.807, 2.05) is 0 Å². The molecule has 0 spiro atoms. The molecule has 25 heavy (non-hydrogen) atoms. The molecular formula is C15H19ClF3N5S. The lowest BCUT2D eigenvalue weighted by molar-refractivity contribution is -0.176. The van der Waals surface area contributed by atoms with Crippen LogP contribution in [-0.2, 0) is 12.8 Å². The molecule has 0 aromatic carbocycles. The van der Waals surface area contributed by atoms with Gasteiger partial charge in [-0.2, -0.15) is 18.2 Å². The van der Waals surface area contributed by atoms with Crippen molar-refractivity contribution in [1.29, 1.82) is 0 Å². The van der Waals surface area contributed by atoms with Crippen molar-refractivity contribution < 1.29 is 13.2 Å². The zero-order valence-corrected chi connectivity index (χ0v) is 15.0. The second-order valence-electron chi connectivity index (χ2n) is 6.56. The highest BCUT2D eigenvalue weighted by Gasteiger charge is 2.42. The Morgan fingerprint density at radius 1 is 1.20 bits per heavy atom. The normalized spacial score (nSPS) is 23.6. The van der Waals surface area contributed by atoms with Crippen LogP contribution >= 0.6 is 23.7 Å². The van der Waals surface area contributed by atoms with Crippen LogP contribution in [0.2, 0.25) is 0 Å². The van der Waals surface area contributed by atoms with Crippen molar-refractivity contribution in [3.63, 3.8) is 0 Å². The molecule has 0 saturated carbocycles. The predicted octanol–water partition coefficient (Wildman–Crippen LogP) is 2.90. The van der Waals surface area contributed by atoms with E-state index in [1.54, 1.807) is 0 Å². The summed E-state index contributed by atoms with van der Waals surface area (Å²) >= 11 is 1.51. The van der Waals surface area contributed by atoms with E-state index in [-0.39, 0.29) is 37.2 Å². The molecule has 4 N–H and O–H groups in total. The third-order valence-electron chi connectivity index (χ3n) is 4.87. The molecule has 1 fully saturated rings. The van der Waals surface area contributed by atoms with Crippen LogP contribution in [-0.4, -0.2) is 35.3 Å². The van der Waals surface area contributed by atoms with Crippen LogP contribution in [0.25, 0.3) is 10.2 Å². The number of anilines is 2. The summed E-state index contributed by atoms with van der Waals surface area (Å²) in [6, 6.07) is 0.0837. The van der Waals surface area contributed by atoms with Gasteiger partial charge in [0, 0.05) is 24.0 Å². The van der Waals surface area contributed by atoms with E-state index < -0.39 is 12.1 Å². The van der Waals surface area contributed by atoms with Crippen molar-refractivity contribution in [2.24, 2.45) is 11.7 Å². The highest BCUT2D eigenvalue weighted by atomic mass is 35.5. The maximum absolute atomic E-state index is 13.1. The second kappa shape index (κ2) is 6.44. The average molecular weight is 394 g/mol. The van der Waals surface area contributed by atoms with E-state index in [1.165, 1.54) is 11.3 Å². The van der Waals surface area contributed by atoms with Gasteiger partial charge in [-0.15, -0.1) is 23.7 Å². The van der Waals surface area contributed by atoms with Crippen LogP contribution in [0.15, 0.2) is 0 Å². The van der Waals surface area contributed by atoms with Gasteiger partial charge in [-0.05, 0) is 31.2 Å². The molecule has 2 aromatic heterocycles. The summed E-state index contributed by atoms with van der Waals surface area (Å²) in [5.74, 6) is -0.483. The number of aryl methyl sites for hydroxylation is 1. The Bertz CT molecular complexity index is 794. The Balaban J connectivity index is 0.00000182. The van der Waals surface area contributed by atoms with Crippen LogP contribution in [0.3, 0.4) is 0 Å². The Morgan fingerprint density at radius 3 is 2.60 bits per heavy atom. The molecule has 138 valence electrons. The van der Waals surface area contributed by atoms with E-state index in [2.05, 4.69) is 14.9 Å². The maximum Gasteiger partial charge on any atom is 0.392 e. The fraction of sp³-hybridized carbons (Fsp3) is 0.600. The summed E-state index contributed by atoms with van der Waals surface area (Å²) in [4.78, 5) is 11.7. The average Bonchev–Trinajstić information content (AvgIpc) is 3.09. The lowest BCUT2D eigenvalue weighted by atomic mass is 9.87. The SMILES string of the molecule is Cl.Nc1nc(N2CC[C@@H](N)C2)c2sc3c(c2n1)CC(C(F)(F)F)CC3. The number of hydrogen-bond acceptors (Lipinski definition) is 6. The van der Waals surface area contributed by atoms with E-state index in [0.717, 1.165) is 22.5 Å². The summed E-state index contributed by atoms with van der Waals surface area (Å²) in [5.41, 5.74) is 13.1. The fourth-order valence-electron chi connectivity index (χ4n) is 3.61. The number of nitrogens with two attached hydrogens (primary N) is 2. The monoisotopic (exact) mass is 393 g/mol. The minimum absolute atomic E-state index is 0. The van der Waals surface area contributed by atoms with Crippen molar-refractivity contribution in [2.45, 2.75) is 37.9 Å². The molecule has 2 atom stereocenters. The third-order valence-corrected chi connectivity index (χ3v) is 6.15. The van der Waals surface area contributed by atoms with Crippen molar-refractivity contribution in [1.82, 2.24) is 9.97 Å². The molecule has 0 radical (unpaired) electrons. The van der Waals surface area contributed by atoms with Gasteiger partial charge in [0.1, 0.15) is 0 Å². The number of alkyl halides is 3. The molecule has 1 aliphatic heterocycles. The summed E-state index contributed by atoms with van der Waals surface area (Å²) < 4.78 is 40.2. The Hall–Kier alpha value is -1.32. The van der Waals surface area contributed by atoms with Crippen molar-refractivity contribution in [2.75, 3.05) is 23.7 Å². The number of nitrogens with zero attached hydrogens (tertiary/aromatic N) is 3. The largest absolute Gasteiger partial charge is 0.392 e. The molecule has 10 heteroatoms. The van der Waals surface area contributed by atoms with Gasteiger partial charge in [0.15, 0.2) is 5.82 Å². The van der Waals surface area contributed by atoms with Gasteiger partial charge >= 0.3 is 6.18 Å². The lowest BCUT2D eigenvalue weighted by Crippen LogP contribution is -2.28. The zero-order chi connectivity index (χ0) is 17.1. The molecule has 1 saturated heterocycles. The van der Waals surface area contributed by atoms with Crippen LogP contribution < -0.4 is 16.4 Å². The molecular weight excluding hydrogens is 375 g/mol. The lowest BCUT2D eigenvalue weighted by Gasteiger charge is -2.24. The number of halogens is 4. The van der Waals surface area contributed by atoms with Gasteiger partial charge in [0.2, 0.25) is 5.95 Å². The predicted molar refractivity (Wildman–Crippen MR) is 95.5 cm³/mol. The molecule has 1 unspecified atom stereocenters. The number of thiophene rings is 1. The first-order chi connectivity index (χ1) is 11.3. The molecule has 5 nitrogen and oxygen atoms in total. The first-order valence-corrected chi connectivity index (χ1v) is 8.79. The smallest absolute Gasteiger partial charge is 0.368 e. The van der Waals surface area contributed by atoms with Gasteiger partial charge < -0.3 is 16.4 Å². The first-order valence-electron chi connectivity index (χ1n) is 7.98. The highest BCUT2D eigenvalue weighted by Crippen LogP contribution is 2.44.